The average Bonchev–Trinajstić information content (AvgIpc) is 3.02. The van der Waals surface area contributed by atoms with E-state index in [0.717, 1.165) is 29.1 Å². The molecule has 5 heteroatoms. The molecule has 3 aromatic rings. The molecule has 0 radical (unpaired) electrons. The fraction of sp³-hybridized carbons (Fsp3) is 0.278. The van der Waals surface area contributed by atoms with Crippen LogP contribution in [0.1, 0.15) is 37.4 Å². The summed E-state index contributed by atoms with van der Waals surface area (Å²) in [6, 6.07) is 7.82. The highest BCUT2D eigenvalue weighted by molar-refractivity contribution is 5.66. The SMILES string of the molecule is CCCC/C=C/c1cnn2c(NCc3ccccn3)ccnc12. The first-order valence-corrected chi connectivity index (χ1v) is 8.01. The van der Waals surface area contributed by atoms with Crippen molar-refractivity contribution in [3.8, 4) is 0 Å². The van der Waals surface area contributed by atoms with Gasteiger partial charge in [0.25, 0.3) is 0 Å². The van der Waals surface area contributed by atoms with Gasteiger partial charge in [0, 0.05) is 18.0 Å². The third-order valence-corrected chi connectivity index (χ3v) is 3.63. The van der Waals surface area contributed by atoms with Crippen molar-refractivity contribution in [2.75, 3.05) is 5.32 Å². The molecule has 0 unspecified atom stereocenters. The third kappa shape index (κ3) is 3.74. The van der Waals surface area contributed by atoms with Crippen molar-refractivity contribution in [3.63, 3.8) is 0 Å². The van der Waals surface area contributed by atoms with Crippen molar-refractivity contribution in [2.24, 2.45) is 0 Å². The lowest BCUT2D eigenvalue weighted by atomic mass is 10.2. The molecule has 23 heavy (non-hydrogen) atoms. The Kier molecular flexibility index (Phi) is 4.99. The minimum Gasteiger partial charge on any atom is -0.364 e. The van der Waals surface area contributed by atoms with Gasteiger partial charge in [0.15, 0.2) is 5.65 Å². The molecule has 3 aromatic heterocycles. The lowest BCUT2D eigenvalue weighted by molar-refractivity contribution is 0.816. The van der Waals surface area contributed by atoms with Crippen molar-refractivity contribution in [2.45, 2.75) is 32.7 Å². The lowest BCUT2D eigenvalue weighted by Gasteiger charge is -2.07. The smallest absolute Gasteiger partial charge is 0.164 e. The summed E-state index contributed by atoms with van der Waals surface area (Å²) in [7, 11) is 0. The first kappa shape index (κ1) is 15.2. The number of fused-ring (bicyclic) bond motifs is 1. The third-order valence-electron chi connectivity index (χ3n) is 3.63. The maximum absolute atomic E-state index is 4.45. The van der Waals surface area contributed by atoms with Gasteiger partial charge in [-0.05, 0) is 24.6 Å². The fourth-order valence-electron chi connectivity index (χ4n) is 2.38. The average molecular weight is 307 g/mol. The lowest BCUT2D eigenvalue weighted by Crippen LogP contribution is -2.06. The molecule has 0 aliphatic rings. The molecule has 3 rings (SSSR count). The Bertz CT molecular complexity index is 776. The van der Waals surface area contributed by atoms with E-state index in [-0.39, 0.29) is 0 Å². The van der Waals surface area contributed by atoms with E-state index in [0.29, 0.717) is 6.54 Å². The Morgan fingerprint density at radius 3 is 2.96 bits per heavy atom. The van der Waals surface area contributed by atoms with Gasteiger partial charge in [-0.15, -0.1) is 0 Å². The second kappa shape index (κ2) is 7.54. The molecule has 0 saturated heterocycles. The van der Waals surface area contributed by atoms with Crippen LogP contribution < -0.4 is 5.32 Å². The highest BCUT2D eigenvalue weighted by Gasteiger charge is 2.06. The topological polar surface area (TPSA) is 55.1 Å². The van der Waals surface area contributed by atoms with Crippen LogP contribution in [0.4, 0.5) is 5.82 Å². The molecule has 0 saturated carbocycles. The molecule has 0 spiro atoms. The van der Waals surface area contributed by atoms with Crippen LogP contribution in [-0.4, -0.2) is 19.6 Å². The highest BCUT2D eigenvalue weighted by atomic mass is 15.3. The number of rotatable bonds is 7. The van der Waals surface area contributed by atoms with Crippen LogP contribution in [0.2, 0.25) is 0 Å². The maximum Gasteiger partial charge on any atom is 0.164 e. The van der Waals surface area contributed by atoms with Crippen LogP contribution in [0.5, 0.6) is 0 Å². The largest absolute Gasteiger partial charge is 0.364 e. The predicted molar refractivity (Wildman–Crippen MR) is 93.1 cm³/mol. The van der Waals surface area contributed by atoms with Crippen LogP contribution >= 0.6 is 0 Å². The van der Waals surface area contributed by atoms with Crippen molar-refractivity contribution in [1.29, 1.82) is 0 Å². The predicted octanol–water partition coefficient (Wildman–Crippen LogP) is 3.94. The van der Waals surface area contributed by atoms with Crippen LogP contribution in [0.15, 0.2) is 48.9 Å². The molecule has 0 aromatic carbocycles. The monoisotopic (exact) mass is 307 g/mol. The summed E-state index contributed by atoms with van der Waals surface area (Å²) >= 11 is 0. The summed E-state index contributed by atoms with van der Waals surface area (Å²) in [4.78, 5) is 8.77. The number of hydrogen-bond donors (Lipinski definition) is 1. The van der Waals surface area contributed by atoms with Gasteiger partial charge in [-0.2, -0.15) is 9.61 Å². The van der Waals surface area contributed by atoms with Crippen LogP contribution in [0.3, 0.4) is 0 Å². The number of allylic oxidation sites excluding steroid dienone is 1. The minimum atomic E-state index is 0.654. The second-order valence-electron chi connectivity index (χ2n) is 5.38. The van der Waals surface area contributed by atoms with E-state index < -0.39 is 0 Å². The number of aromatic nitrogens is 4. The number of nitrogens with one attached hydrogen (secondary N) is 1. The molecule has 0 bridgehead atoms. The van der Waals surface area contributed by atoms with E-state index >= 15 is 0 Å². The molecule has 0 aliphatic carbocycles. The van der Waals surface area contributed by atoms with Crippen molar-refractivity contribution in [3.05, 3.63) is 60.2 Å². The van der Waals surface area contributed by atoms with Gasteiger partial charge in [-0.1, -0.05) is 38.0 Å². The maximum atomic E-state index is 4.45. The molecule has 3 heterocycles. The van der Waals surface area contributed by atoms with E-state index in [1.165, 1.54) is 12.8 Å². The molecule has 0 amide bonds. The van der Waals surface area contributed by atoms with Crippen LogP contribution in [0, 0.1) is 0 Å². The Balaban J connectivity index is 1.77. The zero-order valence-electron chi connectivity index (χ0n) is 13.3. The molecular weight excluding hydrogens is 286 g/mol. The van der Waals surface area contributed by atoms with Gasteiger partial charge >= 0.3 is 0 Å². The van der Waals surface area contributed by atoms with Crippen LogP contribution in [0.25, 0.3) is 11.7 Å². The quantitative estimate of drug-likeness (QED) is 0.672. The highest BCUT2D eigenvalue weighted by Crippen LogP contribution is 2.16. The molecule has 0 atom stereocenters. The molecule has 1 N–H and O–H groups in total. The standard InChI is InChI=1S/C18H21N5/c1-2-3-4-5-8-15-13-22-23-17(10-12-20-18(15)23)21-14-16-9-6-7-11-19-16/h5-13,21H,2-4,14H2,1H3/b8-5+. The summed E-state index contributed by atoms with van der Waals surface area (Å²) in [6.07, 6.45) is 13.3. The molecule has 118 valence electrons. The van der Waals surface area contributed by atoms with Gasteiger partial charge in [0.05, 0.1) is 18.4 Å². The number of hydrogen-bond acceptors (Lipinski definition) is 4. The Morgan fingerprint density at radius 2 is 2.13 bits per heavy atom. The Labute approximate surface area is 136 Å². The summed E-state index contributed by atoms with van der Waals surface area (Å²) < 4.78 is 1.84. The van der Waals surface area contributed by atoms with Gasteiger partial charge < -0.3 is 5.32 Å². The van der Waals surface area contributed by atoms with E-state index in [9.17, 15) is 0 Å². The first-order chi connectivity index (χ1) is 11.4. The van der Waals surface area contributed by atoms with Gasteiger partial charge in [-0.25, -0.2) is 4.98 Å². The van der Waals surface area contributed by atoms with Gasteiger partial charge in [-0.3, -0.25) is 4.98 Å². The van der Waals surface area contributed by atoms with E-state index in [4.69, 9.17) is 0 Å². The van der Waals surface area contributed by atoms with Crippen molar-refractivity contribution in [1.82, 2.24) is 19.6 Å². The number of nitrogens with zero attached hydrogens (tertiary/aromatic N) is 4. The zero-order valence-corrected chi connectivity index (χ0v) is 13.3. The summed E-state index contributed by atoms with van der Waals surface area (Å²) in [5.74, 6) is 0.911. The summed E-state index contributed by atoms with van der Waals surface area (Å²) in [5, 5.41) is 7.82. The molecule has 0 fully saturated rings. The second-order valence-corrected chi connectivity index (χ2v) is 5.38. The number of anilines is 1. The van der Waals surface area contributed by atoms with E-state index in [2.05, 4.69) is 39.5 Å². The van der Waals surface area contributed by atoms with Crippen molar-refractivity contribution >= 4 is 17.5 Å². The van der Waals surface area contributed by atoms with Gasteiger partial charge in [0.2, 0.25) is 0 Å². The molecule has 5 nitrogen and oxygen atoms in total. The summed E-state index contributed by atoms with van der Waals surface area (Å²) in [6.45, 7) is 2.85. The van der Waals surface area contributed by atoms with Crippen LogP contribution in [-0.2, 0) is 6.54 Å². The fourth-order valence-corrected chi connectivity index (χ4v) is 2.38. The van der Waals surface area contributed by atoms with Gasteiger partial charge in [0.1, 0.15) is 5.82 Å². The van der Waals surface area contributed by atoms with E-state index in [1.807, 2.05) is 35.0 Å². The Morgan fingerprint density at radius 1 is 1.17 bits per heavy atom. The van der Waals surface area contributed by atoms with Crippen molar-refractivity contribution < 1.29 is 0 Å². The minimum absolute atomic E-state index is 0.654. The van der Waals surface area contributed by atoms with E-state index in [1.54, 1.807) is 12.4 Å². The summed E-state index contributed by atoms with van der Waals surface area (Å²) in [5.41, 5.74) is 2.90. The number of unbranched alkanes of at least 4 members (excludes halogenated alkanes) is 2. The molecular formula is C18H21N5. The Hall–Kier alpha value is -2.69. The zero-order chi connectivity index (χ0) is 15.9. The molecule has 0 aliphatic heterocycles. The first-order valence-electron chi connectivity index (χ1n) is 8.01. The normalized spacial score (nSPS) is 11.3. The number of pyridine rings is 1.